The molecule has 0 amide bonds. The molecule has 30 heavy (non-hydrogen) atoms. The second-order valence-corrected chi connectivity index (χ2v) is 7.40. The number of aromatic nitrogens is 2. The quantitative estimate of drug-likeness (QED) is 0.640. The van der Waals surface area contributed by atoms with E-state index in [2.05, 4.69) is 13.0 Å². The van der Waals surface area contributed by atoms with Crippen molar-refractivity contribution >= 4 is 18.1 Å². The van der Waals surface area contributed by atoms with Gasteiger partial charge in [-0.25, -0.2) is 9.79 Å². The van der Waals surface area contributed by atoms with Crippen molar-refractivity contribution in [2.75, 3.05) is 14.2 Å². The molecule has 0 unspecified atom stereocenters. The lowest BCUT2D eigenvalue weighted by molar-refractivity contribution is 0.354. The summed E-state index contributed by atoms with van der Waals surface area (Å²) in [6.07, 6.45) is 0.760. The molecule has 7 heteroatoms. The van der Waals surface area contributed by atoms with Gasteiger partial charge in [0.2, 0.25) is 0 Å². The fourth-order valence-corrected chi connectivity index (χ4v) is 3.88. The molecular formula is C23H26ClN3O3. The predicted molar refractivity (Wildman–Crippen MR) is 120 cm³/mol. The minimum atomic E-state index is -0.0774. The van der Waals surface area contributed by atoms with Crippen molar-refractivity contribution in [3.8, 4) is 22.8 Å². The van der Waals surface area contributed by atoms with E-state index < -0.39 is 0 Å². The van der Waals surface area contributed by atoms with Gasteiger partial charge in [0.05, 0.1) is 25.6 Å². The van der Waals surface area contributed by atoms with Gasteiger partial charge in [0, 0.05) is 25.2 Å². The van der Waals surface area contributed by atoms with Crippen molar-refractivity contribution in [1.29, 1.82) is 0 Å². The molecule has 1 aliphatic rings. The molecular weight excluding hydrogens is 402 g/mol. The minimum absolute atomic E-state index is 0. The summed E-state index contributed by atoms with van der Waals surface area (Å²) in [5.41, 5.74) is 6.62. The first-order chi connectivity index (χ1) is 13.9. The summed E-state index contributed by atoms with van der Waals surface area (Å²) in [5, 5.41) is 0. The lowest BCUT2D eigenvalue weighted by Gasteiger charge is -2.24. The molecule has 0 radical (unpaired) electrons. The van der Waals surface area contributed by atoms with Gasteiger partial charge in [-0.1, -0.05) is 17.7 Å². The smallest absolute Gasteiger partial charge is 0.329 e. The lowest BCUT2D eigenvalue weighted by Crippen LogP contribution is -2.40. The fourth-order valence-electron chi connectivity index (χ4n) is 3.88. The van der Waals surface area contributed by atoms with Crippen LogP contribution >= 0.6 is 12.4 Å². The van der Waals surface area contributed by atoms with Gasteiger partial charge in [-0.05, 0) is 49.6 Å². The minimum Gasteiger partial charge on any atom is -0.493 e. The molecule has 0 bridgehead atoms. The average Bonchev–Trinajstić information content (AvgIpc) is 2.72. The van der Waals surface area contributed by atoms with Gasteiger partial charge in [0.15, 0.2) is 11.5 Å². The third kappa shape index (κ3) is 3.63. The summed E-state index contributed by atoms with van der Waals surface area (Å²) in [7, 11) is 5.01. The maximum atomic E-state index is 13.1. The van der Waals surface area contributed by atoms with E-state index in [4.69, 9.17) is 14.5 Å². The Bertz CT molecular complexity index is 1240. The standard InChI is InChI=1S/C23H25N3O3.ClH/c1-14-6-7-18(15(2)10-14)24-22-13-19-17-12-21(29-5)20(28-4)11-16(17)8-9-26(19)23(27)25(22)3;/h6-7,10-13H,8-9H2,1-5H3;1H. The lowest BCUT2D eigenvalue weighted by atomic mass is 9.97. The number of hydrogen-bond donors (Lipinski definition) is 0. The van der Waals surface area contributed by atoms with Gasteiger partial charge in [0.25, 0.3) is 0 Å². The van der Waals surface area contributed by atoms with Gasteiger partial charge in [-0.2, -0.15) is 0 Å². The van der Waals surface area contributed by atoms with E-state index in [1.54, 1.807) is 30.4 Å². The van der Waals surface area contributed by atoms with Crippen LogP contribution in [0.1, 0.15) is 16.7 Å². The van der Waals surface area contributed by atoms with Crippen LogP contribution in [-0.2, 0) is 20.0 Å². The summed E-state index contributed by atoms with van der Waals surface area (Å²) < 4.78 is 14.3. The van der Waals surface area contributed by atoms with E-state index in [1.807, 2.05) is 37.3 Å². The van der Waals surface area contributed by atoms with E-state index in [9.17, 15) is 4.79 Å². The molecule has 3 aromatic rings. The molecule has 158 valence electrons. The second kappa shape index (κ2) is 8.40. The van der Waals surface area contributed by atoms with Crippen LogP contribution in [0, 0.1) is 13.8 Å². The Balaban J connectivity index is 0.00000256. The Morgan fingerprint density at radius 1 is 1.00 bits per heavy atom. The molecule has 6 nitrogen and oxygen atoms in total. The van der Waals surface area contributed by atoms with Gasteiger partial charge < -0.3 is 9.47 Å². The van der Waals surface area contributed by atoms with Crippen LogP contribution in [0.4, 0.5) is 5.69 Å². The van der Waals surface area contributed by atoms with E-state index in [0.29, 0.717) is 23.5 Å². The number of rotatable bonds is 3. The van der Waals surface area contributed by atoms with E-state index in [0.717, 1.165) is 34.5 Å². The summed E-state index contributed by atoms with van der Waals surface area (Å²) in [4.78, 5) is 17.9. The van der Waals surface area contributed by atoms with Crippen LogP contribution in [0.5, 0.6) is 11.5 Å². The number of fused-ring (bicyclic) bond motifs is 3. The average molecular weight is 428 g/mol. The second-order valence-electron chi connectivity index (χ2n) is 7.40. The van der Waals surface area contributed by atoms with Crippen molar-refractivity contribution < 1.29 is 9.47 Å². The Labute approximate surface area is 181 Å². The van der Waals surface area contributed by atoms with Gasteiger partial charge in [-0.15, -0.1) is 12.4 Å². The van der Waals surface area contributed by atoms with Gasteiger partial charge in [0.1, 0.15) is 5.49 Å². The number of aryl methyl sites for hydroxylation is 3. The first kappa shape index (κ1) is 21.7. The van der Waals surface area contributed by atoms with Crippen molar-refractivity contribution in [1.82, 2.24) is 9.13 Å². The first-order valence-corrected chi connectivity index (χ1v) is 9.61. The molecule has 2 aromatic carbocycles. The Hall–Kier alpha value is -2.99. The Kier molecular flexibility index (Phi) is 6.08. The van der Waals surface area contributed by atoms with E-state index in [1.165, 1.54) is 5.56 Å². The maximum Gasteiger partial charge on any atom is 0.329 e. The van der Waals surface area contributed by atoms with Gasteiger partial charge >= 0.3 is 5.69 Å². The molecule has 2 heterocycles. The third-order valence-electron chi connectivity index (χ3n) is 5.50. The van der Waals surface area contributed by atoms with E-state index in [-0.39, 0.29) is 18.1 Å². The topological polar surface area (TPSA) is 57.8 Å². The zero-order chi connectivity index (χ0) is 20.7. The summed E-state index contributed by atoms with van der Waals surface area (Å²) >= 11 is 0. The Morgan fingerprint density at radius 3 is 2.37 bits per heavy atom. The number of benzene rings is 2. The SMILES string of the molecule is COc1cc2c(cc1OC)-c1cc(=Nc3ccc(C)cc3C)n(C)c(=O)n1CC2.Cl. The molecule has 0 atom stereocenters. The highest BCUT2D eigenvalue weighted by atomic mass is 35.5. The van der Waals surface area contributed by atoms with Crippen molar-refractivity contribution in [3.05, 3.63) is 69.1 Å². The zero-order valence-corrected chi connectivity index (χ0v) is 18.7. The zero-order valence-electron chi connectivity index (χ0n) is 17.9. The number of hydrogen-bond acceptors (Lipinski definition) is 4. The molecule has 0 saturated heterocycles. The summed E-state index contributed by atoms with van der Waals surface area (Å²) in [6, 6.07) is 12.0. The van der Waals surface area contributed by atoms with Crippen LogP contribution in [0.2, 0.25) is 0 Å². The maximum absolute atomic E-state index is 13.1. The molecule has 0 saturated carbocycles. The normalized spacial score (nSPS) is 12.6. The molecule has 4 rings (SSSR count). The number of nitrogens with zero attached hydrogens (tertiary/aromatic N) is 3. The third-order valence-corrected chi connectivity index (χ3v) is 5.50. The van der Waals surface area contributed by atoms with Crippen LogP contribution in [-0.4, -0.2) is 23.4 Å². The largest absolute Gasteiger partial charge is 0.493 e. The summed E-state index contributed by atoms with van der Waals surface area (Å²) in [6.45, 7) is 4.71. The highest BCUT2D eigenvalue weighted by Crippen LogP contribution is 2.37. The number of ether oxygens (including phenoxy) is 2. The molecule has 0 N–H and O–H groups in total. The van der Waals surface area contributed by atoms with Gasteiger partial charge in [-0.3, -0.25) is 9.13 Å². The molecule has 1 aromatic heterocycles. The van der Waals surface area contributed by atoms with Crippen LogP contribution in [0.25, 0.3) is 11.3 Å². The molecule has 0 aliphatic carbocycles. The van der Waals surface area contributed by atoms with Crippen LogP contribution in [0.3, 0.4) is 0 Å². The van der Waals surface area contributed by atoms with Crippen molar-refractivity contribution in [2.45, 2.75) is 26.8 Å². The van der Waals surface area contributed by atoms with Crippen molar-refractivity contribution in [2.24, 2.45) is 12.0 Å². The highest BCUT2D eigenvalue weighted by molar-refractivity contribution is 5.85. The Morgan fingerprint density at radius 2 is 1.70 bits per heavy atom. The fraction of sp³-hybridized carbons (Fsp3) is 0.304. The molecule has 0 spiro atoms. The van der Waals surface area contributed by atoms with Crippen LogP contribution < -0.4 is 20.7 Å². The summed E-state index contributed by atoms with van der Waals surface area (Å²) in [5.74, 6) is 1.34. The molecule has 1 aliphatic heterocycles. The van der Waals surface area contributed by atoms with Crippen LogP contribution in [0.15, 0.2) is 46.2 Å². The van der Waals surface area contributed by atoms with E-state index >= 15 is 0 Å². The number of halogens is 1. The predicted octanol–water partition coefficient (Wildman–Crippen LogP) is 3.70. The first-order valence-electron chi connectivity index (χ1n) is 9.61. The van der Waals surface area contributed by atoms with Crippen molar-refractivity contribution in [3.63, 3.8) is 0 Å². The number of methoxy groups -OCH3 is 2. The monoisotopic (exact) mass is 427 g/mol. The molecule has 0 fully saturated rings. The highest BCUT2D eigenvalue weighted by Gasteiger charge is 2.21.